The monoisotopic (exact) mass is 308 g/mol. The molecule has 112 valence electrons. The number of halogens is 1. The average molecular weight is 309 g/mol. The normalized spacial score (nSPS) is 22.6. The van der Waals surface area contributed by atoms with E-state index in [0.29, 0.717) is 10.6 Å². The summed E-state index contributed by atoms with van der Waals surface area (Å²) >= 11 is 5.80. The van der Waals surface area contributed by atoms with Gasteiger partial charge in [0.1, 0.15) is 5.57 Å². The van der Waals surface area contributed by atoms with Crippen molar-refractivity contribution in [3.63, 3.8) is 0 Å². The molecule has 5 heteroatoms. The smallest absolute Gasteiger partial charge is 0.348 e. The maximum Gasteiger partial charge on any atom is 0.348 e. The molecule has 2 rings (SSSR count). The van der Waals surface area contributed by atoms with Crippen molar-refractivity contribution in [1.82, 2.24) is 0 Å². The van der Waals surface area contributed by atoms with E-state index in [4.69, 9.17) is 21.1 Å². The van der Waals surface area contributed by atoms with Gasteiger partial charge >= 0.3 is 11.9 Å². The van der Waals surface area contributed by atoms with Crippen molar-refractivity contribution in [2.24, 2.45) is 5.41 Å². The molecule has 1 saturated heterocycles. The van der Waals surface area contributed by atoms with Gasteiger partial charge < -0.3 is 9.47 Å². The van der Waals surface area contributed by atoms with E-state index in [9.17, 15) is 9.59 Å². The van der Waals surface area contributed by atoms with Crippen LogP contribution in [0, 0.1) is 5.41 Å². The van der Waals surface area contributed by atoms with Crippen molar-refractivity contribution >= 4 is 29.6 Å². The molecule has 21 heavy (non-hydrogen) atoms. The van der Waals surface area contributed by atoms with Gasteiger partial charge in [0.05, 0.1) is 0 Å². The average Bonchev–Trinajstić information content (AvgIpc) is 2.34. The summed E-state index contributed by atoms with van der Waals surface area (Å²) in [5, 5.41) is 0.575. The minimum atomic E-state index is -1.28. The molecule has 0 spiro atoms. The van der Waals surface area contributed by atoms with Crippen LogP contribution in [0.1, 0.15) is 33.3 Å². The molecule has 1 aromatic rings. The number of benzene rings is 1. The second kappa shape index (κ2) is 5.19. The van der Waals surface area contributed by atoms with Gasteiger partial charge in [-0.1, -0.05) is 44.5 Å². The van der Waals surface area contributed by atoms with Crippen molar-refractivity contribution in [2.45, 2.75) is 33.5 Å². The van der Waals surface area contributed by atoms with Crippen LogP contribution >= 0.6 is 11.6 Å². The molecule has 4 nitrogen and oxygen atoms in total. The van der Waals surface area contributed by atoms with E-state index in [1.165, 1.54) is 6.08 Å². The Bertz CT molecular complexity index is 588. The zero-order valence-electron chi connectivity index (χ0n) is 12.4. The Morgan fingerprint density at radius 3 is 1.95 bits per heavy atom. The number of carbonyl (C=O) groups excluding carboxylic acids is 2. The van der Waals surface area contributed by atoms with Crippen LogP contribution in [0.5, 0.6) is 0 Å². The Morgan fingerprint density at radius 2 is 1.52 bits per heavy atom. The lowest BCUT2D eigenvalue weighted by Gasteiger charge is -2.42. The third kappa shape index (κ3) is 3.10. The lowest BCUT2D eigenvalue weighted by molar-refractivity contribution is -0.261. The minimum Gasteiger partial charge on any atom is -0.418 e. The summed E-state index contributed by atoms with van der Waals surface area (Å²) in [4.78, 5) is 24.2. The van der Waals surface area contributed by atoms with Crippen LogP contribution in [0.3, 0.4) is 0 Å². The Labute approximate surface area is 128 Å². The van der Waals surface area contributed by atoms with Crippen molar-refractivity contribution in [3.8, 4) is 0 Å². The fourth-order valence-corrected chi connectivity index (χ4v) is 1.84. The SMILES string of the molecule is CC(C)(C)C1(C)OC(=O)C(=Cc2ccc(Cl)cc2)C(=O)O1. The van der Waals surface area contributed by atoms with Crippen LogP contribution in [0.2, 0.25) is 5.02 Å². The molecule has 0 N–H and O–H groups in total. The molecule has 1 aliphatic rings. The highest BCUT2D eigenvalue weighted by Crippen LogP contribution is 2.38. The first-order valence-corrected chi connectivity index (χ1v) is 6.94. The standard InChI is InChI=1S/C16H17ClO4/c1-15(2,3)16(4)20-13(18)12(14(19)21-16)9-10-5-7-11(17)8-6-10/h5-9H,1-4H3. The summed E-state index contributed by atoms with van der Waals surface area (Å²) < 4.78 is 10.7. The molecule has 1 fully saturated rings. The molecule has 0 unspecified atom stereocenters. The summed E-state index contributed by atoms with van der Waals surface area (Å²) in [6.45, 7) is 7.09. The summed E-state index contributed by atoms with van der Waals surface area (Å²) in [6, 6.07) is 6.75. The highest BCUT2D eigenvalue weighted by molar-refractivity contribution is 6.30. The quantitative estimate of drug-likeness (QED) is 0.452. The largest absolute Gasteiger partial charge is 0.418 e. The molecule has 1 heterocycles. The predicted octanol–water partition coefficient (Wildman–Crippen LogP) is 3.59. The third-order valence-corrected chi connectivity index (χ3v) is 3.81. The van der Waals surface area contributed by atoms with E-state index >= 15 is 0 Å². The van der Waals surface area contributed by atoms with E-state index in [2.05, 4.69) is 0 Å². The van der Waals surface area contributed by atoms with Gasteiger partial charge in [0.15, 0.2) is 0 Å². The molecular weight excluding hydrogens is 292 g/mol. The van der Waals surface area contributed by atoms with Gasteiger partial charge in [-0.3, -0.25) is 0 Å². The van der Waals surface area contributed by atoms with Crippen LogP contribution in [0.15, 0.2) is 29.8 Å². The Hall–Kier alpha value is -1.81. The maximum absolute atomic E-state index is 12.1. The van der Waals surface area contributed by atoms with Crippen LogP contribution < -0.4 is 0 Å². The maximum atomic E-state index is 12.1. The van der Waals surface area contributed by atoms with E-state index < -0.39 is 23.1 Å². The lowest BCUT2D eigenvalue weighted by atomic mass is 9.85. The van der Waals surface area contributed by atoms with Crippen LogP contribution in [0.4, 0.5) is 0 Å². The number of carbonyl (C=O) groups is 2. The second-order valence-corrected chi connectivity index (χ2v) is 6.52. The number of ether oxygens (including phenoxy) is 2. The first-order chi connectivity index (χ1) is 9.62. The molecular formula is C16H17ClO4. The number of hydrogen-bond acceptors (Lipinski definition) is 4. The Morgan fingerprint density at radius 1 is 1.05 bits per heavy atom. The van der Waals surface area contributed by atoms with E-state index in [0.717, 1.165) is 0 Å². The van der Waals surface area contributed by atoms with E-state index in [-0.39, 0.29) is 5.57 Å². The molecule has 0 bridgehead atoms. The summed E-state index contributed by atoms with van der Waals surface area (Å²) in [5.74, 6) is -2.64. The van der Waals surface area contributed by atoms with Gasteiger partial charge in [0.2, 0.25) is 0 Å². The second-order valence-electron chi connectivity index (χ2n) is 6.08. The topological polar surface area (TPSA) is 52.6 Å². The molecule has 1 aliphatic heterocycles. The third-order valence-electron chi connectivity index (χ3n) is 3.56. The molecule has 0 aromatic heterocycles. The Kier molecular flexibility index (Phi) is 3.85. The highest BCUT2D eigenvalue weighted by atomic mass is 35.5. The molecule has 0 amide bonds. The van der Waals surface area contributed by atoms with Crippen molar-refractivity contribution in [1.29, 1.82) is 0 Å². The highest BCUT2D eigenvalue weighted by Gasteiger charge is 2.50. The fraction of sp³-hybridized carbons (Fsp3) is 0.375. The summed E-state index contributed by atoms with van der Waals surface area (Å²) in [7, 11) is 0. The van der Waals surface area contributed by atoms with Crippen molar-refractivity contribution < 1.29 is 19.1 Å². The summed E-state index contributed by atoms with van der Waals surface area (Å²) in [6.07, 6.45) is 1.43. The fourth-order valence-electron chi connectivity index (χ4n) is 1.72. The Balaban J connectivity index is 2.31. The molecule has 0 radical (unpaired) electrons. The molecule has 0 aliphatic carbocycles. The van der Waals surface area contributed by atoms with E-state index in [1.807, 2.05) is 20.8 Å². The first-order valence-electron chi connectivity index (χ1n) is 6.56. The zero-order chi connectivity index (χ0) is 15.8. The minimum absolute atomic E-state index is 0.126. The molecule has 0 saturated carbocycles. The van der Waals surface area contributed by atoms with Gasteiger partial charge in [0, 0.05) is 17.4 Å². The van der Waals surface area contributed by atoms with Gasteiger partial charge in [-0.2, -0.15) is 0 Å². The number of esters is 2. The van der Waals surface area contributed by atoms with Crippen LogP contribution in [-0.4, -0.2) is 17.7 Å². The van der Waals surface area contributed by atoms with Crippen LogP contribution in [0.25, 0.3) is 6.08 Å². The first kappa shape index (κ1) is 15.6. The van der Waals surface area contributed by atoms with E-state index in [1.54, 1.807) is 31.2 Å². The number of rotatable bonds is 1. The van der Waals surface area contributed by atoms with Crippen molar-refractivity contribution in [2.75, 3.05) is 0 Å². The molecule has 0 atom stereocenters. The van der Waals surface area contributed by atoms with Crippen LogP contribution in [-0.2, 0) is 19.1 Å². The van der Waals surface area contributed by atoms with Gasteiger partial charge in [-0.15, -0.1) is 0 Å². The van der Waals surface area contributed by atoms with Gasteiger partial charge in [-0.05, 0) is 23.8 Å². The predicted molar refractivity (Wildman–Crippen MR) is 79.5 cm³/mol. The van der Waals surface area contributed by atoms with Crippen molar-refractivity contribution in [3.05, 3.63) is 40.4 Å². The van der Waals surface area contributed by atoms with Gasteiger partial charge in [-0.25, -0.2) is 9.59 Å². The molecule has 1 aromatic carbocycles. The lowest BCUT2D eigenvalue weighted by Crippen LogP contribution is -2.52. The zero-order valence-corrected chi connectivity index (χ0v) is 13.2. The number of cyclic esters (lactones) is 2. The summed E-state index contributed by atoms with van der Waals surface area (Å²) in [5.41, 5.74) is 0.0196. The van der Waals surface area contributed by atoms with Gasteiger partial charge in [0.25, 0.3) is 5.79 Å². The number of hydrogen-bond donors (Lipinski definition) is 0.